The van der Waals surface area contributed by atoms with Crippen LogP contribution in [0.15, 0.2) is 29.6 Å². The topological polar surface area (TPSA) is 19.4 Å². The molecule has 0 N–H and O–H groups in total. The lowest BCUT2D eigenvalue weighted by atomic mass is 9.76. The van der Waals surface area contributed by atoms with Crippen LogP contribution in [0.3, 0.4) is 0 Å². The van der Waals surface area contributed by atoms with E-state index in [9.17, 15) is 0 Å². The molecule has 2 fully saturated rings. The summed E-state index contributed by atoms with van der Waals surface area (Å²) in [6, 6.07) is 9.01. The Morgan fingerprint density at radius 1 is 1.24 bits per heavy atom. The highest BCUT2D eigenvalue weighted by Gasteiger charge is 2.39. The molecule has 4 rings (SSSR count). The van der Waals surface area contributed by atoms with Crippen LogP contribution in [0.5, 0.6) is 0 Å². The van der Waals surface area contributed by atoms with Crippen molar-refractivity contribution in [2.75, 3.05) is 32.1 Å². The van der Waals surface area contributed by atoms with Crippen molar-refractivity contribution in [2.45, 2.75) is 43.6 Å². The van der Waals surface area contributed by atoms with Gasteiger partial charge in [0.2, 0.25) is 0 Å². The summed E-state index contributed by atoms with van der Waals surface area (Å²) in [6.07, 6.45) is 6.16. The van der Waals surface area contributed by atoms with Crippen LogP contribution in [-0.4, -0.2) is 43.1 Å². The number of hydrogen-bond donors (Lipinski definition) is 0. The zero-order valence-corrected chi connectivity index (χ0v) is 16.6. The van der Waals surface area contributed by atoms with Gasteiger partial charge in [0, 0.05) is 35.5 Å². The second kappa shape index (κ2) is 6.90. The monoisotopic (exact) mass is 375 g/mol. The van der Waals surface area contributed by atoms with E-state index in [1.54, 1.807) is 11.3 Å². The van der Waals surface area contributed by atoms with Gasteiger partial charge in [0.05, 0.1) is 5.69 Å². The molecule has 1 aromatic carbocycles. The second-order valence-electron chi connectivity index (χ2n) is 7.63. The minimum atomic E-state index is 0.0760. The van der Waals surface area contributed by atoms with Crippen molar-refractivity contribution < 1.29 is 0 Å². The van der Waals surface area contributed by atoms with Crippen molar-refractivity contribution in [1.82, 2.24) is 9.88 Å². The quantitative estimate of drug-likeness (QED) is 0.765. The highest BCUT2D eigenvalue weighted by Crippen LogP contribution is 2.47. The smallest absolute Gasteiger partial charge is 0.185 e. The third kappa shape index (κ3) is 3.20. The molecule has 2 aliphatic rings. The molecule has 2 heterocycles. The third-order valence-electron chi connectivity index (χ3n) is 6.05. The number of aromatic nitrogens is 1. The summed E-state index contributed by atoms with van der Waals surface area (Å²) in [4.78, 5) is 9.92. The first-order valence-electron chi connectivity index (χ1n) is 9.22. The molecule has 1 saturated heterocycles. The van der Waals surface area contributed by atoms with E-state index in [4.69, 9.17) is 16.6 Å². The lowest BCUT2D eigenvalue weighted by Gasteiger charge is -2.28. The van der Waals surface area contributed by atoms with Crippen LogP contribution in [-0.2, 0) is 5.41 Å². The van der Waals surface area contributed by atoms with Crippen LogP contribution in [0.2, 0.25) is 5.02 Å². The standard InChI is InChI=1S/C20H26ClN3S/c1-23-12-9-17(13-23)24(2)19-22-18(14-25-19)20(10-3-4-11-20)15-5-7-16(21)8-6-15/h5-8,14,17H,3-4,9-13H2,1-2H3. The van der Waals surface area contributed by atoms with E-state index >= 15 is 0 Å². The summed E-state index contributed by atoms with van der Waals surface area (Å²) < 4.78 is 0. The minimum Gasteiger partial charge on any atom is -0.347 e. The molecule has 25 heavy (non-hydrogen) atoms. The number of likely N-dealkylation sites (tertiary alicyclic amines) is 1. The lowest BCUT2D eigenvalue weighted by Crippen LogP contribution is -2.34. The maximum absolute atomic E-state index is 6.12. The van der Waals surface area contributed by atoms with Crippen LogP contribution in [0.4, 0.5) is 5.13 Å². The molecule has 0 radical (unpaired) electrons. The first-order chi connectivity index (χ1) is 12.1. The molecule has 5 heteroatoms. The number of nitrogens with zero attached hydrogens (tertiary/aromatic N) is 3. The van der Waals surface area contributed by atoms with E-state index in [1.807, 2.05) is 12.1 Å². The molecule has 2 aromatic rings. The van der Waals surface area contributed by atoms with Gasteiger partial charge in [0.25, 0.3) is 0 Å². The van der Waals surface area contributed by atoms with Gasteiger partial charge in [-0.25, -0.2) is 4.98 Å². The van der Waals surface area contributed by atoms with Crippen LogP contribution in [0.25, 0.3) is 0 Å². The Bertz CT molecular complexity index is 721. The molecule has 1 saturated carbocycles. The van der Waals surface area contributed by atoms with Crippen molar-refractivity contribution in [3.05, 3.63) is 45.9 Å². The molecular formula is C20H26ClN3S. The zero-order chi connectivity index (χ0) is 17.4. The highest BCUT2D eigenvalue weighted by atomic mass is 35.5. The fourth-order valence-corrected chi connectivity index (χ4v) is 5.56. The van der Waals surface area contributed by atoms with Crippen molar-refractivity contribution in [2.24, 2.45) is 0 Å². The Balaban J connectivity index is 1.63. The average Bonchev–Trinajstić information content (AvgIpc) is 3.35. The lowest BCUT2D eigenvalue weighted by molar-refractivity contribution is 0.409. The molecule has 1 atom stereocenters. The molecule has 0 spiro atoms. The van der Waals surface area contributed by atoms with Gasteiger partial charge in [0.15, 0.2) is 5.13 Å². The largest absolute Gasteiger partial charge is 0.347 e. The van der Waals surface area contributed by atoms with Crippen molar-refractivity contribution in [3.63, 3.8) is 0 Å². The molecule has 1 aliphatic heterocycles. The van der Waals surface area contributed by atoms with E-state index in [1.165, 1.54) is 49.9 Å². The Hall–Kier alpha value is -1.10. The van der Waals surface area contributed by atoms with Crippen LogP contribution >= 0.6 is 22.9 Å². The summed E-state index contributed by atoms with van der Waals surface area (Å²) in [7, 11) is 4.41. The predicted octanol–water partition coefficient (Wildman–Crippen LogP) is 4.80. The van der Waals surface area contributed by atoms with Gasteiger partial charge in [-0.3, -0.25) is 0 Å². The summed E-state index contributed by atoms with van der Waals surface area (Å²) in [5.41, 5.74) is 2.70. The number of hydrogen-bond acceptors (Lipinski definition) is 4. The summed E-state index contributed by atoms with van der Waals surface area (Å²) in [5, 5.41) is 4.27. The van der Waals surface area contributed by atoms with Crippen molar-refractivity contribution in [3.8, 4) is 0 Å². The van der Waals surface area contributed by atoms with Crippen LogP contribution < -0.4 is 4.90 Å². The summed E-state index contributed by atoms with van der Waals surface area (Å²) >= 11 is 7.91. The maximum Gasteiger partial charge on any atom is 0.185 e. The molecule has 1 aliphatic carbocycles. The Morgan fingerprint density at radius 2 is 1.96 bits per heavy atom. The van der Waals surface area contributed by atoms with E-state index in [0.29, 0.717) is 6.04 Å². The number of thiazole rings is 1. The number of likely N-dealkylation sites (N-methyl/N-ethyl adjacent to an activating group) is 2. The van der Waals surface area contributed by atoms with E-state index < -0.39 is 0 Å². The van der Waals surface area contributed by atoms with Gasteiger partial charge in [-0.15, -0.1) is 11.3 Å². The van der Waals surface area contributed by atoms with Crippen LogP contribution in [0, 0.1) is 0 Å². The molecule has 1 unspecified atom stereocenters. The fraction of sp³-hybridized carbons (Fsp3) is 0.550. The second-order valence-corrected chi connectivity index (χ2v) is 8.90. The van der Waals surface area contributed by atoms with Gasteiger partial charge < -0.3 is 9.80 Å². The Morgan fingerprint density at radius 3 is 2.60 bits per heavy atom. The number of anilines is 1. The number of benzene rings is 1. The van der Waals surface area contributed by atoms with Crippen molar-refractivity contribution in [1.29, 1.82) is 0 Å². The average molecular weight is 376 g/mol. The van der Waals surface area contributed by atoms with E-state index in [2.05, 4.69) is 41.4 Å². The van der Waals surface area contributed by atoms with E-state index in [-0.39, 0.29) is 5.41 Å². The molecule has 1 aromatic heterocycles. The predicted molar refractivity (Wildman–Crippen MR) is 107 cm³/mol. The maximum atomic E-state index is 6.12. The molecule has 0 bridgehead atoms. The molecular weight excluding hydrogens is 350 g/mol. The SMILES string of the molecule is CN1CCC(N(C)c2nc(C3(c4ccc(Cl)cc4)CCCC3)cs2)C1. The first kappa shape index (κ1) is 17.3. The number of halogens is 1. The first-order valence-corrected chi connectivity index (χ1v) is 10.5. The Labute approximate surface area is 159 Å². The summed E-state index contributed by atoms with van der Waals surface area (Å²) in [5.74, 6) is 0. The van der Waals surface area contributed by atoms with E-state index in [0.717, 1.165) is 16.7 Å². The van der Waals surface area contributed by atoms with Gasteiger partial charge >= 0.3 is 0 Å². The number of rotatable bonds is 4. The third-order valence-corrected chi connectivity index (χ3v) is 7.24. The van der Waals surface area contributed by atoms with Gasteiger partial charge in [-0.2, -0.15) is 0 Å². The van der Waals surface area contributed by atoms with Crippen LogP contribution in [0.1, 0.15) is 43.4 Å². The minimum absolute atomic E-state index is 0.0760. The van der Waals surface area contributed by atoms with Crippen molar-refractivity contribution >= 4 is 28.1 Å². The van der Waals surface area contributed by atoms with Gasteiger partial charge in [-0.1, -0.05) is 36.6 Å². The normalized spacial score (nSPS) is 23.2. The van der Waals surface area contributed by atoms with Gasteiger partial charge in [-0.05, 0) is 50.6 Å². The molecule has 0 amide bonds. The summed E-state index contributed by atoms with van der Waals surface area (Å²) in [6.45, 7) is 2.32. The Kier molecular flexibility index (Phi) is 4.78. The zero-order valence-electron chi connectivity index (χ0n) is 15.0. The fourth-order valence-electron chi connectivity index (χ4n) is 4.47. The molecule has 134 valence electrons. The molecule has 3 nitrogen and oxygen atoms in total. The highest BCUT2D eigenvalue weighted by molar-refractivity contribution is 7.13. The van der Waals surface area contributed by atoms with Gasteiger partial charge in [0.1, 0.15) is 0 Å².